The fourth-order valence-electron chi connectivity index (χ4n) is 5.25. The number of carbonyl (C=O) groups is 4. The van der Waals surface area contributed by atoms with Crippen molar-refractivity contribution in [2.24, 2.45) is 5.92 Å². The first kappa shape index (κ1) is 33.6. The average Bonchev–Trinajstić information content (AvgIpc) is 3.42. The van der Waals surface area contributed by atoms with Gasteiger partial charge in [-0.05, 0) is 83.9 Å². The zero-order valence-electron chi connectivity index (χ0n) is 26.3. The van der Waals surface area contributed by atoms with Gasteiger partial charge in [0.1, 0.15) is 5.60 Å². The number of hydrogen-bond acceptors (Lipinski definition) is 8. The molecule has 0 spiro atoms. The maximum absolute atomic E-state index is 13.8. The van der Waals surface area contributed by atoms with Crippen molar-refractivity contribution >= 4 is 24.0 Å². The predicted molar refractivity (Wildman–Crippen MR) is 161 cm³/mol. The van der Waals surface area contributed by atoms with Crippen LogP contribution in [0.1, 0.15) is 123 Å². The lowest BCUT2D eigenvalue weighted by atomic mass is 9.88. The molecule has 0 saturated carbocycles. The molecule has 43 heavy (non-hydrogen) atoms. The fraction of sp³-hybridized carbons (Fsp3) is 0.545. The van der Waals surface area contributed by atoms with Gasteiger partial charge in [0, 0.05) is 12.1 Å². The summed E-state index contributed by atoms with van der Waals surface area (Å²) in [6.45, 7) is 13.6. The maximum atomic E-state index is 13.8. The van der Waals surface area contributed by atoms with E-state index in [1.807, 2.05) is 0 Å². The molecule has 1 amide bonds. The van der Waals surface area contributed by atoms with Crippen LogP contribution >= 0.6 is 0 Å². The average molecular weight is 597 g/mol. The second kappa shape index (κ2) is 14.5. The minimum Gasteiger partial charge on any atom is -0.478 e. The van der Waals surface area contributed by atoms with Crippen LogP contribution in [0.3, 0.4) is 0 Å². The molecule has 0 aliphatic carbocycles. The lowest BCUT2D eigenvalue weighted by molar-refractivity contribution is 0.0216. The molecule has 1 N–H and O–H groups in total. The Morgan fingerprint density at radius 2 is 1.60 bits per heavy atom. The van der Waals surface area contributed by atoms with Gasteiger partial charge in [0.05, 0.1) is 47.3 Å². The van der Waals surface area contributed by atoms with Crippen molar-refractivity contribution in [1.82, 2.24) is 9.88 Å². The highest BCUT2D eigenvalue weighted by Gasteiger charge is 2.40. The van der Waals surface area contributed by atoms with E-state index in [2.05, 4.69) is 13.8 Å². The third-order valence-electron chi connectivity index (χ3n) is 7.07. The van der Waals surface area contributed by atoms with E-state index in [1.54, 1.807) is 51.7 Å². The summed E-state index contributed by atoms with van der Waals surface area (Å²) < 4.78 is 16.7. The van der Waals surface area contributed by atoms with Crippen LogP contribution in [0.4, 0.5) is 4.79 Å². The Kier molecular flexibility index (Phi) is 11.3. The molecule has 1 atom stereocenters. The van der Waals surface area contributed by atoms with Crippen LogP contribution in [0.2, 0.25) is 0 Å². The van der Waals surface area contributed by atoms with E-state index in [-0.39, 0.29) is 35.5 Å². The van der Waals surface area contributed by atoms with E-state index < -0.39 is 35.6 Å². The number of carbonyl (C=O) groups excluding carboxylic acids is 3. The minimum atomic E-state index is -1.11. The van der Waals surface area contributed by atoms with Gasteiger partial charge in [-0.25, -0.2) is 19.2 Å². The van der Waals surface area contributed by atoms with Crippen LogP contribution in [-0.4, -0.2) is 64.4 Å². The van der Waals surface area contributed by atoms with Crippen LogP contribution in [0.15, 0.2) is 24.3 Å². The minimum absolute atomic E-state index is 0.0532. The van der Waals surface area contributed by atoms with Gasteiger partial charge in [0.25, 0.3) is 0 Å². The van der Waals surface area contributed by atoms with E-state index in [1.165, 1.54) is 12.1 Å². The Hall–Kier alpha value is -3.95. The number of carboxylic acid groups (broad SMARTS) is 1. The van der Waals surface area contributed by atoms with Gasteiger partial charge in [0.2, 0.25) is 0 Å². The van der Waals surface area contributed by atoms with Crippen LogP contribution in [0.5, 0.6) is 0 Å². The van der Waals surface area contributed by atoms with E-state index in [0.29, 0.717) is 48.7 Å². The first-order valence-electron chi connectivity index (χ1n) is 15.0. The molecular formula is C33H44N2O8. The van der Waals surface area contributed by atoms with Gasteiger partial charge in [-0.1, -0.05) is 32.4 Å². The summed E-state index contributed by atoms with van der Waals surface area (Å²) >= 11 is 0. The van der Waals surface area contributed by atoms with E-state index in [9.17, 15) is 24.3 Å². The second-order valence-corrected chi connectivity index (χ2v) is 12.0. The Bertz CT molecular complexity index is 1330. The molecule has 1 aromatic carbocycles. The summed E-state index contributed by atoms with van der Waals surface area (Å²) in [4.78, 5) is 58.9. The largest absolute Gasteiger partial charge is 0.478 e. The molecule has 1 aliphatic rings. The van der Waals surface area contributed by atoms with Crippen LogP contribution in [-0.2, 0) is 20.6 Å². The summed E-state index contributed by atoms with van der Waals surface area (Å²) in [6, 6.07) is 5.36. The maximum Gasteiger partial charge on any atom is 0.410 e. The Labute approximate surface area is 253 Å². The quantitative estimate of drug-likeness (QED) is 0.218. The van der Waals surface area contributed by atoms with Crippen molar-refractivity contribution in [3.05, 3.63) is 52.3 Å². The highest BCUT2D eigenvalue weighted by atomic mass is 16.6. The first-order valence-corrected chi connectivity index (χ1v) is 15.0. The number of aryl methyl sites for hydroxylation is 1. The Balaban J connectivity index is 2.40. The first-order chi connectivity index (χ1) is 20.3. The molecule has 3 rings (SSSR count). The van der Waals surface area contributed by atoms with Crippen LogP contribution in [0.25, 0.3) is 11.1 Å². The van der Waals surface area contributed by atoms with Crippen molar-refractivity contribution in [1.29, 1.82) is 0 Å². The number of rotatable bonds is 11. The molecule has 2 aromatic rings. The number of pyridine rings is 1. The van der Waals surface area contributed by atoms with E-state index in [4.69, 9.17) is 19.2 Å². The lowest BCUT2D eigenvalue weighted by Gasteiger charge is -2.30. The van der Waals surface area contributed by atoms with Crippen molar-refractivity contribution < 1.29 is 38.5 Å². The topological polar surface area (TPSA) is 132 Å². The van der Waals surface area contributed by atoms with Gasteiger partial charge < -0.3 is 19.3 Å². The summed E-state index contributed by atoms with van der Waals surface area (Å²) in [5.41, 5.74) is 0.998. The van der Waals surface area contributed by atoms with Crippen molar-refractivity contribution in [3.8, 4) is 11.1 Å². The van der Waals surface area contributed by atoms with Gasteiger partial charge in [-0.2, -0.15) is 0 Å². The van der Waals surface area contributed by atoms with Crippen molar-refractivity contribution in [3.63, 3.8) is 0 Å². The molecule has 1 aliphatic heterocycles. The number of ether oxygens (including phenoxy) is 3. The third-order valence-corrected chi connectivity index (χ3v) is 7.07. The number of esters is 2. The monoisotopic (exact) mass is 596 g/mol. The number of hydrogen-bond donors (Lipinski definition) is 1. The lowest BCUT2D eigenvalue weighted by Crippen LogP contribution is -2.37. The molecule has 1 saturated heterocycles. The van der Waals surface area contributed by atoms with E-state index >= 15 is 0 Å². The van der Waals surface area contributed by atoms with E-state index in [0.717, 1.165) is 12.8 Å². The number of carboxylic acids is 1. The smallest absolute Gasteiger partial charge is 0.410 e. The van der Waals surface area contributed by atoms with Crippen molar-refractivity contribution in [2.75, 3.05) is 19.8 Å². The molecule has 10 heteroatoms. The summed E-state index contributed by atoms with van der Waals surface area (Å²) in [7, 11) is 0. The normalized spacial score (nSPS) is 15.0. The molecule has 2 heterocycles. The van der Waals surface area contributed by atoms with Crippen LogP contribution < -0.4 is 0 Å². The number of amides is 1. The molecule has 0 bridgehead atoms. The van der Waals surface area contributed by atoms with Gasteiger partial charge in [-0.3, -0.25) is 9.88 Å². The number of likely N-dealkylation sites (tertiary alicyclic amines) is 1. The van der Waals surface area contributed by atoms with Crippen molar-refractivity contribution in [2.45, 2.75) is 92.2 Å². The fourth-order valence-corrected chi connectivity index (χ4v) is 5.25. The van der Waals surface area contributed by atoms with Crippen LogP contribution in [0, 0.1) is 5.92 Å². The highest BCUT2D eigenvalue weighted by molar-refractivity contribution is 6.07. The SMILES string of the molecule is CCOC(=O)c1c(CCCC(C)C)nc([C@@H]2CCCN2C(=O)OC(C)(C)C)c(C(=O)OCC)c1-c1ccc(C(=O)O)cc1. The molecular weight excluding hydrogens is 552 g/mol. The number of nitrogens with zero attached hydrogens (tertiary/aromatic N) is 2. The zero-order chi connectivity index (χ0) is 31.9. The number of aromatic nitrogens is 1. The van der Waals surface area contributed by atoms with Gasteiger partial charge >= 0.3 is 24.0 Å². The summed E-state index contributed by atoms with van der Waals surface area (Å²) in [5.74, 6) is -2.02. The predicted octanol–water partition coefficient (Wildman–Crippen LogP) is 6.85. The standard InChI is InChI=1S/C33H44N2O8/c1-8-41-30(38)26-23(13-10-12-20(3)4)34-28(24-14-11-19-35(24)32(40)43-33(5,6)7)27(31(39)42-9-2)25(26)21-15-17-22(18-16-21)29(36)37/h15-18,20,24H,8-14,19H2,1-7H3,(H,36,37)/t24-/m0/s1. The van der Waals surface area contributed by atoms with Gasteiger partial charge in [0.15, 0.2) is 0 Å². The molecule has 10 nitrogen and oxygen atoms in total. The summed E-state index contributed by atoms with van der Waals surface area (Å²) in [5, 5.41) is 9.50. The molecule has 1 fully saturated rings. The molecule has 234 valence electrons. The highest BCUT2D eigenvalue weighted by Crippen LogP contribution is 2.41. The number of aromatic carboxylic acids is 1. The molecule has 0 radical (unpaired) electrons. The zero-order valence-corrected chi connectivity index (χ0v) is 26.3. The molecule has 1 aromatic heterocycles. The molecule has 0 unspecified atom stereocenters. The Morgan fingerprint density at radius 3 is 2.14 bits per heavy atom. The Morgan fingerprint density at radius 1 is 1.00 bits per heavy atom. The second-order valence-electron chi connectivity index (χ2n) is 12.0. The summed E-state index contributed by atoms with van der Waals surface area (Å²) in [6.07, 6.45) is 2.72. The third kappa shape index (κ3) is 8.33. The van der Waals surface area contributed by atoms with Gasteiger partial charge in [-0.15, -0.1) is 0 Å². The number of benzene rings is 1.